The first-order valence-electron chi connectivity index (χ1n) is 8.16. The summed E-state index contributed by atoms with van der Waals surface area (Å²) >= 11 is 8.30. The molecule has 0 bridgehead atoms. The smallest absolute Gasteiger partial charge is 0.235 e. The molecular formula is C19H19N3OS3. The second kappa shape index (κ2) is 8.62. The van der Waals surface area contributed by atoms with Crippen molar-refractivity contribution in [3.05, 3.63) is 70.2 Å². The van der Waals surface area contributed by atoms with Crippen molar-refractivity contribution in [2.24, 2.45) is 0 Å². The van der Waals surface area contributed by atoms with E-state index in [2.05, 4.69) is 5.10 Å². The Morgan fingerprint density at radius 1 is 1.19 bits per heavy atom. The van der Waals surface area contributed by atoms with Crippen LogP contribution in [0.5, 0.6) is 0 Å². The summed E-state index contributed by atoms with van der Waals surface area (Å²) in [7, 11) is 1.83. The number of hydrogen-bond acceptors (Lipinski definition) is 5. The van der Waals surface area contributed by atoms with Crippen LogP contribution in [0.25, 0.3) is 5.69 Å². The molecule has 0 spiro atoms. The summed E-state index contributed by atoms with van der Waals surface area (Å²) in [6.45, 7) is 2.50. The predicted octanol–water partition coefficient (Wildman–Crippen LogP) is 4.80. The lowest BCUT2D eigenvalue weighted by molar-refractivity contribution is -0.129. The lowest BCUT2D eigenvalue weighted by Crippen LogP contribution is -2.32. The molecule has 3 aromatic rings. The molecule has 3 rings (SSSR count). The third-order valence-corrected chi connectivity index (χ3v) is 6.20. The number of nitrogens with zero attached hydrogens (tertiary/aromatic N) is 3. The van der Waals surface area contributed by atoms with Crippen LogP contribution in [0.15, 0.2) is 65.0 Å². The van der Waals surface area contributed by atoms with E-state index in [4.69, 9.17) is 12.2 Å². The maximum absolute atomic E-state index is 12.7. The molecule has 0 saturated carbocycles. The Balaban J connectivity index is 1.67. The quantitative estimate of drug-likeness (QED) is 0.439. The van der Waals surface area contributed by atoms with Gasteiger partial charge in [0.15, 0.2) is 8.29 Å². The molecule has 0 aliphatic carbocycles. The van der Waals surface area contributed by atoms with Crippen molar-refractivity contribution in [1.29, 1.82) is 0 Å². The minimum atomic E-state index is -0.228. The standard InChI is InChI=1S/C19H19N3OS3/c1-14(17(23)21(2)13-15-9-5-3-6-10-15)25-18-20-22(19(24)26-18)16-11-7-4-8-12-16/h3-12,14H,13H2,1-2H3/t14-/m0/s1. The Morgan fingerprint density at radius 3 is 2.46 bits per heavy atom. The van der Waals surface area contributed by atoms with E-state index in [1.165, 1.54) is 23.1 Å². The average molecular weight is 402 g/mol. The summed E-state index contributed by atoms with van der Waals surface area (Å²) in [5, 5.41) is 4.34. The molecule has 0 saturated heterocycles. The van der Waals surface area contributed by atoms with Crippen molar-refractivity contribution in [3.8, 4) is 5.69 Å². The monoisotopic (exact) mass is 401 g/mol. The Kier molecular flexibility index (Phi) is 6.24. The van der Waals surface area contributed by atoms with Crippen molar-refractivity contribution < 1.29 is 4.79 Å². The van der Waals surface area contributed by atoms with Gasteiger partial charge in [-0.2, -0.15) is 0 Å². The molecular weight excluding hydrogens is 382 g/mol. The number of carbonyl (C=O) groups excluding carboxylic acids is 1. The van der Waals surface area contributed by atoms with Gasteiger partial charge >= 0.3 is 0 Å². The van der Waals surface area contributed by atoms with Crippen molar-refractivity contribution in [2.45, 2.75) is 23.1 Å². The normalized spacial score (nSPS) is 11.9. The highest BCUT2D eigenvalue weighted by atomic mass is 32.2. The van der Waals surface area contributed by atoms with Gasteiger partial charge in [-0.3, -0.25) is 4.79 Å². The van der Waals surface area contributed by atoms with Gasteiger partial charge in [-0.1, -0.05) is 71.6 Å². The molecule has 134 valence electrons. The molecule has 0 aliphatic rings. The number of thioether (sulfide) groups is 1. The van der Waals surface area contributed by atoms with E-state index in [0.717, 1.165) is 15.6 Å². The minimum Gasteiger partial charge on any atom is -0.340 e. The number of hydrogen-bond donors (Lipinski definition) is 0. The van der Waals surface area contributed by atoms with E-state index in [1.807, 2.05) is 74.6 Å². The van der Waals surface area contributed by atoms with E-state index in [1.54, 1.807) is 9.58 Å². The fourth-order valence-corrected chi connectivity index (χ4v) is 5.11. The molecule has 0 radical (unpaired) electrons. The second-order valence-corrected chi connectivity index (χ2v) is 9.03. The molecule has 1 amide bonds. The molecule has 2 aromatic carbocycles. The summed E-state index contributed by atoms with van der Waals surface area (Å²) in [4.78, 5) is 14.4. The molecule has 0 unspecified atom stereocenters. The zero-order valence-corrected chi connectivity index (χ0v) is 17.0. The Hall–Kier alpha value is -1.96. The number of amides is 1. The van der Waals surface area contributed by atoms with Crippen LogP contribution in [0.2, 0.25) is 0 Å². The first kappa shape index (κ1) is 18.8. The van der Waals surface area contributed by atoms with Gasteiger partial charge in [0.1, 0.15) is 0 Å². The van der Waals surface area contributed by atoms with Crippen molar-refractivity contribution in [2.75, 3.05) is 7.05 Å². The maximum atomic E-state index is 12.7. The zero-order valence-electron chi connectivity index (χ0n) is 14.5. The van der Waals surface area contributed by atoms with E-state index < -0.39 is 0 Å². The number of rotatable bonds is 6. The summed E-state index contributed by atoms with van der Waals surface area (Å²) in [6.07, 6.45) is 0. The van der Waals surface area contributed by atoms with Crippen LogP contribution in [-0.2, 0) is 11.3 Å². The van der Waals surface area contributed by atoms with Crippen LogP contribution >= 0.6 is 35.3 Å². The van der Waals surface area contributed by atoms with Crippen LogP contribution in [-0.4, -0.2) is 32.9 Å². The van der Waals surface area contributed by atoms with Gasteiger partial charge in [-0.25, -0.2) is 4.68 Å². The SMILES string of the molecule is C[C@H](Sc1nn(-c2ccccc2)c(=S)s1)C(=O)N(C)Cc1ccccc1. The second-order valence-electron chi connectivity index (χ2n) is 5.82. The molecule has 0 N–H and O–H groups in total. The van der Waals surface area contributed by atoms with Crippen LogP contribution < -0.4 is 0 Å². The third-order valence-electron chi connectivity index (χ3n) is 3.79. The van der Waals surface area contributed by atoms with Gasteiger partial charge in [0.05, 0.1) is 10.9 Å². The van der Waals surface area contributed by atoms with Crippen LogP contribution in [0.4, 0.5) is 0 Å². The van der Waals surface area contributed by atoms with E-state index in [9.17, 15) is 4.79 Å². The highest BCUT2D eigenvalue weighted by Gasteiger charge is 2.21. The van der Waals surface area contributed by atoms with Crippen LogP contribution in [0.1, 0.15) is 12.5 Å². The van der Waals surface area contributed by atoms with Gasteiger partial charge < -0.3 is 4.90 Å². The number of aromatic nitrogens is 2. The first-order valence-corrected chi connectivity index (χ1v) is 10.3. The Labute approximate surface area is 166 Å². The Bertz CT molecular complexity index is 922. The summed E-state index contributed by atoms with van der Waals surface area (Å²) in [5.41, 5.74) is 2.05. The molecule has 1 aromatic heterocycles. The van der Waals surface area contributed by atoms with E-state index >= 15 is 0 Å². The van der Waals surface area contributed by atoms with Crippen LogP contribution in [0.3, 0.4) is 0 Å². The lowest BCUT2D eigenvalue weighted by atomic mass is 10.2. The van der Waals surface area contributed by atoms with Crippen molar-refractivity contribution in [3.63, 3.8) is 0 Å². The molecule has 26 heavy (non-hydrogen) atoms. The summed E-state index contributed by atoms with van der Waals surface area (Å²) < 4.78 is 3.22. The number of carbonyl (C=O) groups is 1. The first-order chi connectivity index (χ1) is 12.5. The minimum absolute atomic E-state index is 0.0752. The van der Waals surface area contributed by atoms with Gasteiger partial charge in [-0.05, 0) is 36.8 Å². The summed E-state index contributed by atoms with van der Waals surface area (Å²) in [5.74, 6) is 0.0752. The molecule has 7 heteroatoms. The van der Waals surface area contributed by atoms with Gasteiger partial charge in [0.25, 0.3) is 0 Å². The molecule has 0 aliphatic heterocycles. The predicted molar refractivity (Wildman–Crippen MR) is 111 cm³/mol. The van der Waals surface area contributed by atoms with Gasteiger partial charge in [0.2, 0.25) is 5.91 Å². The van der Waals surface area contributed by atoms with E-state index in [0.29, 0.717) is 10.5 Å². The number of para-hydroxylation sites is 1. The average Bonchev–Trinajstić information content (AvgIpc) is 3.02. The maximum Gasteiger partial charge on any atom is 0.235 e. The zero-order chi connectivity index (χ0) is 18.5. The van der Waals surface area contributed by atoms with Crippen LogP contribution in [0, 0.1) is 3.95 Å². The van der Waals surface area contributed by atoms with Crippen molar-refractivity contribution in [1.82, 2.24) is 14.7 Å². The highest BCUT2D eigenvalue weighted by molar-refractivity contribution is 8.02. The molecule has 1 heterocycles. The molecule has 4 nitrogen and oxygen atoms in total. The fourth-order valence-electron chi connectivity index (χ4n) is 2.49. The Morgan fingerprint density at radius 2 is 1.81 bits per heavy atom. The molecule has 0 fully saturated rings. The lowest BCUT2D eigenvalue weighted by Gasteiger charge is -2.20. The largest absolute Gasteiger partial charge is 0.340 e. The van der Waals surface area contributed by atoms with Gasteiger partial charge in [-0.15, -0.1) is 5.10 Å². The van der Waals surface area contributed by atoms with Gasteiger partial charge in [0, 0.05) is 13.6 Å². The fraction of sp³-hybridized carbons (Fsp3) is 0.211. The number of benzene rings is 2. The third kappa shape index (κ3) is 4.60. The topological polar surface area (TPSA) is 38.1 Å². The summed E-state index contributed by atoms with van der Waals surface area (Å²) in [6, 6.07) is 19.8. The highest BCUT2D eigenvalue weighted by Crippen LogP contribution is 2.28. The van der Waals surface area contributed by atoms with E-state index in [-0.39, 0.29) is 11.2 Å². The molecule has 1 atom stereocenters. The van der Waals surface area contributed by atoms with Crippen molar-refractivity contribution >= 4 is 41.2 Å².